The largest absolute Gasteiger partial charge is 0.397 e. The fraction of sp³-hybridized carbons (Fsp3) is 0. The van der Waals surface area contributed by atoms with Crippen LogP contribution >= 0.6 is 27.5 Å². The molecule has 0 spiro atoms. The number of carbonyl (C=O) groups is 1. The van der Waals surface area contributed by atoms with Crippen molar-refractivity contribution in [1.82, 2.24) is 0 Å². The second-order valence-electron chi connectivity index (χ2n) is 3.76. The van der Waals surface area contributed by atoms with Crippen LogP contribution < -0.4 is 11.1 Å². The first-order valence-corrected chi connectivity index (χ1v) is 6.47. The third-order valence-electron chi connectivity index (χ3n) is 2.48. The number of rotatable bonds is 2. The van der Waals surface area contributed by atoms with Gasteiger partial charge in [0.15, 0.2) is 0 Å². The van der Waals surface area contributed by atoms with Crippen molar-refractivity contribution < 1.29 is 9.18 Å². The molecule has 2 aromatic carbocycles. The first kappa shape index (κ1) is 13.8. The van der Waals surface area contributed by atoms with Crippen LogP contribution in [-0.2, 0) is 0 Å². The Hall–Kier alpha value is -1.59. The van der Waals surface area contributed by atoms with E-state index in [1.54, 1.807) is 18.2 Å². The molecule has 2 rings (SSSR count). The quantitative estimate of drug-likeness (QED) is 0.807. The van der Waals surface area contributed by atoms with Crippen molar-refractivity contribution in [1.29, 1.82) is 0 Å². The molecule has 1 amide bonds. The van der Waals surface area contributed by atoms with Gasteiger partial charge in [-0.15, -0.1) is 0 Å². The molecule has 2 aromatic rings. The maximum absolute atomic E-state index is 13.6. The average Bonchev–Trinajstić information content (AvgIpc) is 2.37. The second-order valence-corrected chi connectivity index (χ2v) is 4.99. The lowest BCUT2D eigenvalue weighted by Gasteiger charge is -2.10. The monoisotopic (exact) mass is 342 g/mol. The van der Waals surface area contributed by atoms with Crippen LogP contribution in [0.5, 0.6) is 0 Å². The number of anilines is 2. The fourth-order valence-electron chi connectivity index (χ4n) is 1.53. The number of nitrogens with one attached hydrogen (secondary N) is 1. The summed E-state index contributed by atoms with van der Waals surface area (Å²) in [6, 6.07) is 9.09. The van der Waals surface area contributed by atoms with Crippen LogP contribution in [0.3, 0.4) is 0 Å². The van der Waals surface area contributed by atoms with Crippen molar-refractivity contribution >= 4 is 44.8 Å². The van der Waals surface area contributed by atoms with Crippen molar-refractivity contribution in [3.8, 4) is 0 Å². The zero-order valence-electron chi connectivity index (χ0n) is 9.58. The van der Waals surface area contributed by atoms with Gasteiger partial charge in [-0.3, -0.25) is 4.79 Å². The van der Waals surface area contributed by atoms with Crippen molar-refractivity contribution in [3.63, 3.8) is 0 Å². The normalized spacial score (nSPS) is 10.3. The molecule has 6 heteroatoms. The zero-order valence-corrected chi connectivity index (χ0v) is 11.9. The zero-order chi connectivity index (χ0) is 14.0. The highest BCUT2D eigenvalue weighted by Crippen LogP contribution is 2.28. The number of nitrogen functional groups attached to an aromatic ring is 1. The van der Waals surface area contributed by atoms with Crippen molar-refractivity contribution in [2.75, 3.05) is 11.1 Å². The number of carbonyl (C=O) groups excluding carboxylic acids is 1. The van der Waals surface area contributed by atoms with Crippen LogP contribution in [0.15, 0.2) is 40.9 Å². The molecule has 0 atom stereocenters. The first-order valence-electron chi connectivity index (χ1n) is 5.30. The van der Waals surface area contributed by atoms with Gasteiger partial charge >= 0.3 is 0 Å². The molecule has 0 saturated heterocycles. The summed E-state index contributed by atoms with van der Waals surface area (Å²) in [4.78, 5) is 12.1. The van der Waals surface area contributed by atoms with E-state index in [0.717, 1.165) is 0 Å². The second kappa shape index (κ2) is 5.59. The minimum atomic E-state index is -0.598. The minimum Gasteiger partial charge on any atom is -0.397 e. The van der Waals surface area contributed by atoms with E-state index in [9.17, 15) is 9.18 Å². The van der Waals surface area contributed by atoms with Crippen LogP contribution in [0.1, 0.15) is 10.4 Å². The highest BCUT2D eigenvalue weighted by molar-refractivity contribution is 9.10. The van der Waals surface area contributed by atoms with Crippen LogP contribution in [0.25, 0.3) is 0 Å². The van der Waals surface area contributed by atoms with Gasteiger partial charge in [-0.05, 0) is 40.2 Å². The maximum Gasteiger partial charge on any atom is 0.257 e. The van der Waals surface area contributed by atoms with Crippen molar-refractivity contribution in [2.45, 2.75) is 0 Å². The maximum atomic E-state index is 13.6. The van der Waals surface area contributed by atoms with Gasteiger partial charge in [0.25, 0.3) is 5.91 Å². The van der Waals surface area contributed by atoms with Gasteiger partial charge < -0.3 is 11.1 Å². The fourth-order valence-corrected chi connectivity index (χ4v) is 2.11. The Balaban J connectivity index is 2.34. The van der Waals surface area contributed by atoms with Crippen LogP contribution in [0.4, 0.5) is 15.8 Å². The molecular weight excluding hydrogens is 335 g/mol. The average molecular weight is 344 g/mol. The molecule has 0 aliphatic carbocycles. The molecule has 3 N–H and O–H groups in total. The van der Waals surface area contributed by atoms with E-state index in [1.807, 2.05) is 0 Å². The highest BCUT2D eigenvalue weighted by Gasteiger charge is 2.15. The summed E-state index contributed by atoms with van der Waals surface area (Å²) in [6.45, 7) is 0. The number of hydrogen-bond acceptors (Lipinski definition) is 2. The molecule has 0 unspecified atom stereocenters. The summed E-state index contributed by atoms with van der Waals surface area (Å²) < 4.78 is 14.2. The van der Waals surface area contributed by atoms with E-state index in [1.165, 1.54) is 18.2 Å². The van der Waals surface area contributed by atoms with Gasteiger partial charge in [-0.1, -0.05) is 23.7 Å². The first-order chi connectivity index (χ1) is 9.00. The van der Waals surface area contributed by atoms with E-state index >= 15 is 0 Å². The van der Waals surface area contributed by atoms with Crippen LogP contribution in [0.2, 0.25) is 5.02 Å². The summed E-state index contributed by atoms with van der Waals surface area (Å²) in [5.41, 5.74) is 5.95. The highest BCUT2D eigenvalue weighted by atomic mass is 79.9. The molecule has 98 valence electrons. The summed E-state index contributed by atoms with van der Waals surface area (Å²) in [5, 5.41) is 2.68. The lowest BCUT2D eigenvalue weighted by Crippen LogP contribution is -2.15. The van der Waals surface area contributed by atoms with Gasteiger partial charge in [-0.2, -0.15) is 0 Å². The molecule has 0 fully saturated rings. The number of para-hydroxylation sites is 1. The third kappa shape index (κ3) is 2.88. The molecule has 0 heterocycles. The van der Waals surface area contributed by atoms with Gasteiger partial charge in [0, 0.05) is 4.47 Å². The minimum absolute atomic E-state index is 0.0523. The SMILES string of the molecule is Nc1cccc(F)c1NC(=O)c1cccc(Br)c1Cl. The predicted octanol–water partition coefficient (Wildman–Crippen LogP) is 4.08. The van der Waals surface area contributed by atoms with Gasteiger partial charge in [0.2, 0.25) is 0 Å². The molecule has 0 aromatic heterocycles. The Morgan fingerprint density at radius 1 is 1.26 bits per heavy atom. The van der Waals surface area contributed by atoms with E-state index in [0.29, 0.717) is 4.47 Å². The van der Waals surface area contributed by atoms with Crippen LogP contribution in [0, 0.1) is 5.82 Å². The molecule has 0 bridgehead atoms. The third-order valence-corrected chi connectivity index (χ3v) is 3.78. The Labute approximate surface area is 122 Å². The smallest absolute Gasteiger partial charge is 0.257 e. The number of hydrogen-bond donors (Lipinski definition) is 2. The van der Waals surface area contributed by atoms with Gasteiger partial charge in [0.05, 0.1) is 16.3 Å². The number of nitrogens with two attached hydrogens (primary N) is 1. The van der Waals surface area contributed by atoms with Crippen LogP contribution in [-0.4, -0.2) is 5.91 Å². The lowest BCUT2D eigenvalue weighted by molar-refractivity contribution is 0.102. The van der Waals surface area contributed by atoms with Crippen molar-refractivity contribution in [3.05, 3.63) is 57.3 Å². The van der Waals surface area contributed by atoms with Crippen molar-refractivity contribution in [2.24, 2.45) is 0 Å². The Morgan fingerprint density at radius 3 is 2.63 bits per heavy atom. The lowest BCUT2D eigenvalue weighted by atomic mass is 10.2. The van der Waals surface area contributed by atoms with Gasteiger partial charge in [-0.25, -0.2) is 4.39 Å². The molecule has 0 aliphatic heterocycles. The number of amides is 1. The standard InChI is InChI=1S/C13H9BrClFN2O/c14-8-4-1-3-7(11(8)15)13(19)18-12-9(16)5-2-6-10(12)17/h1-6H,17H2,(H,18,19). The van der Waals surface area contributed by atoms with Gasteiger partial charge in [0.1, 0.15) is 11.5 Å². The Kier molecular flexibility index (Phi) is 4.07. The molecule has 19 heavy (non-hydrogen) atoms. The summed E-state index contributed by atoms with van der Waals surface area (Å²) in [7, 11) is 0. The summed E-state index contributed by atoms with van der Waals surface area (Å²) >= 11 is 9.22. The summed E-state index contributed by atoms with van der Waals surface area (Å²) in [5.74, 6) is -1.12. The van der Waals surface area contributed by atoms with E-state index in [2.05, 4.69) is 21.2 Å². The predicted molar refractivity (Wildman–Crippen MR) is 77.9 cm³/mol. The molecule has 3 nitrogen and oxygen atoms in total. The van der Waals surface area contributed by atoms with E-state index in [-0.39, 0.29) is 22.0 Å². The molecule has 0 saturated carbocycles. The van der Waals surface area contributed by atoms with E-state index < -0.39 is 11.7 Å². The van der Waals surface area contributed by atoms with E-state index in [4.69, 9.17) is 17.3 Å². The number of benzene rings is 2. The molecule has 0 radical (unpaired) electrons. The number of halogens is 3. The Morgan fingerprint density at radius 2 is 1.95 bits per heavy atom. The topological polar surface area (TPSA) is 55.1 Å². The Bertz CT molecular complexity index is 628. The molecular formula is C13H9BrClFN2O. The molecule has 0 aliphatic rings. The summed E-state index contributed by atoms with van der Waals surface area (Å²) in [6.07, 6.45) is 0.